The van der Waals surface area contributed by atoms with E-state index in [1.54, 1.807) is 31.5 Å². The molecule has 0 radical (unpaired) electrons. The second-order valence-electron chi connectivity index (χ2n) is 4.19. The van der Waals surface area contributed by atoms with Crippen LogP contribution in [-0.4, -0.2) is 24.4 Å². The van der Waals surface area contributed by atoms with Gasteiger partial charge in [0.05, 0.1) is 5.71 Å². The van der Waals surface area contributed by atoms with Crippen LogP contribution in [0, 0.1) is 23.0 Å². The van der Waals surface area contributed by atoms with Crippen molar-refractivity contribution < 1.29 is 17.9 Å². The Bertz CT molecular complexity index is 666. The first-order valence-electron chi connectivity index (χ1n) is 6.00. The number of nitrogens with zero attached hydrogens (tertiary/aromatic N) is 1. The van der Waals surface area contributed by atoms with Crippen molar-refractivity contribution in [2.75, 3.05) is 13.7 Å². The molecular formula is C14H12F3N3O. The molecule has 0 aromatic carbocycles. The Morgan fingerprint density at radius 3 is 2.76 bits per heavy atom. The molecule has 1 aliphatic carbocycles. The molecule has 1 aromatic rings. The van der Waals surface area contributed by atoms with E-state index in [1.165, 1.54) is 0 Å². The lowest BCUT2D eigenvalue weighted by atomic mass is 10.0. The zero-order valence-electron chi connectivity index (χ0n) is 11.1. The summed E-state index contributed by atoms with van der Waals surface area (Å²) >= 11 is 0. The highest BCUT2D eigenvalue weighted by molar-refractivity contribution is 6.09. The van der Waals surface area contributed by atoms with Gasteiger partial charge < -0.3 is 15.5 Å². The molecule has 1 aliphatic rings. The molecule has 0 saturated heterocycles. The molecule has 0 saturated carbocycles. The lowest BCUT2D eigenvalue weighted by Crippen LogP contribution is -2.10. The second kappa shape index (κ2) is 6.25. The first-order chi connectivity index (χ1) is 10.0. The van der Waals surface area contributed by atoms with Crippen LogP contribution in [0.4, 0.5) is 13.2 Å². The summed E-state index contributed by atoms with van der Waals surface area (Å²) < 4.78 is 44.1. The fourth-order valence-corrected chi connectivity index (χ4v) is 1.66. The van der Waals surface area contributed by atoms with Gasteiger partial charge in [0.25, 0.3) is 11.8 Å². The van der Waals surface area contributed by atoms with Gasteiger partial charge in [-0.2, -0.15) is 9.37 Å². The topological polar surface area (TPSA) is 58.0 Å². The molecular weight excluding hydrogens is 283 g/mol. The van der Waals surface area contributed by atoms with Crippen molar-refractivity contribution >= 4 is 5.71 Å². The predicted molar refractivity (Wildman–Crippen MR) is 71.7 cm³/mol. The monoisotopic (exact) mass is 295 g/mol. The van der Waals surface area contributed by atoms with Gasteiger partial charge in [0.15, 0.2) is 11.6 Å². The van der Waals surface area contributed by atoms with Gasteiger partial charge >= 0.3 is 0 Å². The summed E-state index contributed by atoms with van der Waals surface area (Å²) in [6.07, 6.45) is 6.46. The molecule has 0 unspecified atom stereocenters. The summed E-state index contributed by atoms with van der Waals surface area (Å²) in [4.78, 5) is 3.07. The van der Waals surface area contributed by atoms with Crippen LogP contribution in [-0.2, 0) is 0 Å². The van der Waals surface area contributed by atoms with Gasteiger partial charge in [0, 0.05) is 24.9 Å². The van der Waals surface area contributed by atoms with Gasteiger partial charge in [0.1, 0.15) is 6.61 Å². The molecule has 110 valence electrons. The van der Waals surface area contributed by atoms with Crippen LogP contribution in [0.2, 0.25) is 0 Å². The van der Waals surface area contributed by atoms with Gasteiger partial charge in [-0.25, -0.2) is 8.78 Å². The predicted octanol–water partition coefficient (Wildman–Crippen LogP) is 2.50. The molecule has 0 atom stereocenters. The Hall–Kier alpha value is -2.57. The zero-order valence-corrected chi connectivity index (χ0v) is 11.1. The number of rotatable bonds is 4. The highest BCUT2D eigenvalue weighted by Gasteiger charge is 2.14. The van der Waals surface area contributed by atoms with E-state index in [9.17, 15) is 13.2 Å². The first-order valence-corrected chi connectivity index (χ1v) is 6.00. The number of aromatic nitrogens is 1. The van der Waals surface area contributed by atoms with Gasteiger partial charge in [-0.05, 0) is 17.7 Å². The average molecular weight is 295 g/mol. The van der Waals surface area contributed by atoms with Crippen molar-refractivity contribution in [1.29, 1.82) is 5.41 Å². The van der Waals surface area contributed by atoms with Crippen LogP contribution in [0.3, 0.4) is 0 Å². The van der Waals surface area contributed by atoms with E-state index >= 15 is 0 Å². The van der Waals surface area contributed by atoms with Crippen molar-refractivity contribution in [3.8, 4) is 5.88 Å². The van der Waals surface area contributed by atoms with E-state index in [1.807, 2.05) is 0 Å². The molecule has 2 N–H and O–H groups in total. The van der Waals surface area contributed by atoms with E-state index in [-0.39, 0.29) is 6.61 Å². The maximum atomic E-state index is 13.4. The number of hydrogen-bond donors (Lipinski definition) is 2. The summed E-state index contributed by atoms with van der Waals surface area (Å²) in [5.41, 5.74) is 1.57. The number of allylic oxidation sites excluding steroid dienone is 3. The molecule has 2 rings (SSSR count). The van der Waals surface area contributed by atoms with E-state index in [4.69, 9.17) is 10.1 Å². The Kier molecular flexibility index (Phi) is 4.42. The Balaban J connectivity index is 2.12. The van der Waals surface area contributed by atoms with Gasteiger partial charge in [-0.3, -0.25) is 0 Å². The number of nitrogens with one attached hydrogen (secondary N) is 2. The molecule has 7 heteroatoms. The minimum atomic E-state index is -1.42. The Labute approximate surface area is 119 Å². The van der Waals surface area contributed by atoms with Crippen LogP contribution in [0.1, 0.15) is 0 Å². The van der Waals surface area contributed by atoms with Crippen LogP contribution in [0.15, 0.2) is 41.6 Å². The van der Waals surface area contributed by atoms with Gasteiger partial charge in [-0.15, -0.1) is 0 Å². The van der Waals surface area contributed by atoms with Gasteiger partial charge in [-0.1, -0.05) is 6.08 Å². The van der Waals surface area contributed by atoms with Crippen LogP contribution >= 0.6 is 0 Å². The second-order valence-corrected chi connectivity index (χ2v) is 4.19. The van der Waals surface area contributed by atoms with Crippen LogP contribution in [0.5, 0.6) is 5.88 Å². The zero-order chi connectivity index (χ0) is 15.4. The fourth-order valence-electron chi connectivity index (χ4n) is 1.66. The molecule has 0 bridgehead atoms. The fraction of sp³-hybridized carbons (Fsp3) is 0.143. The minimum absolute atomic E-state index is 0.0835. The summed E-state index contributed by atoms with van der Waals surface area (Å²) in [5, 5.41) is 10.5. The van der Waals surface area contributed by atoms with Crippen molar-refractivity contribution in [2.24, 2.45) is 0 Å². The molecule has 0 amide bonds. The quantitative estimate of drug-likeness (QED) is 0.839. The molecule has 1 heterocycles. The van der Waals surface area contributed by atoms with Crippen molar-refractivity contribution in [2.45, 2.75) is 0 Å². The van der Waals surface area contributed by atoms with Crippen LogP contribution in [0.25, 0.3) is 0 Å². The van der Waals surface area contributed by atoms with Crippen LogP contribution < -0.4 is 10.1 Å². The lowest BCUT2D eigenvalue weighted by molar-refractivity contribution is 0.307. The molecule has 21 heavy (non-hydrogen) atoms. The molecule has 0 aliphatic heterocycles. The number of halogens is 3. The highest BCUT2D eigenvalue weighted by atomic mass is 19.2. The minimum Gasteiger partial charge on any atom is -0.471 e. The Morgan fingerprint density at radius 2 is 2.05 bits per heavy atom. The third kappa shape index (κ3) is 3.50. The average Bonchev–Trinajstić information content (AvgIpc) is 2.45. The third-order valence-corrected chi connectivity index (χ3v) is 2.65. The molecule has 1 aromatic heterocycles. The highest BCUT2D eigenvalue weighted by Crippen LogP contribution is 2.19. The maximum Gasteiger partial charge on any atom is 0.253 e. The summed E-state index contributed by atoms with van der Waals surface area (Å²) in [7, 11) is 1.70. The lowest BCUT2D eigenvalue weighted by Gasteiger charge is -2.12. The normalized spacial score (nSPS) is 16.1. The first kappa shape index (κ1) is 14.8. The standard InChI is InChI=1S/C14H12F3N3O/c1-19-6-9-4-8(2-3-12(9)18)7-21-14-11(16)5-10(15)13(17)20-14/h2-6,18-19H,7H2,1H3/b9-6-,18-12?. The molecule has 0 fully saturated rings. The van der Waals surface area contributed by atoms with E-state index in [0.29, 0.717) is 22.9 Å². The summed E-state index contributed by atoms with van der Waals surface area (Å²) in [6, 6.07) is 0.380. The van der Waals surface area contributed by atoms with Crippen molar-refractivity contribution in [3.05, 3.63) is 59.2 Å². The number of hydrogen-bond acceptors (Lipinski definition) is 4. The van der Waals surface area contributed by atoms with Gasteiger partial charge in [0.2, 0.25) is 0 Å². The van der Waals surface area contributed by atoms with Crippen molar-refractivity contribution in [1.82, 2.24) is 10.3 Å². The number of pyridine rings is 1. The Morgan fingerprint density at radius 1 is 1.29 bits per heavy atom. The SMILES string of the molecule is CN/C=C1/C=C(COc2nc(F)c(F)cc2F)C=CC1=N. The van der Waals surface area contributed by atoms with E-state index < -0.39 is 23.5 Å². The summed E-state index contributed by atoms with van der Waals surface area (Å²) in [5.74, 6) is -4.47. The van der Waals surface area contributed by atoms with Crippen molar-refractivity contribution in [3.63, 3.8) is 0 Å². The number of ether oxygens (including phenoxy) is 1. The molecule has 0 spiro atoms. The van der Waals surface area contributed by atoms with E-state index in [0.717, 1.165) is 0 Å². The maximum absolute atomic E-state index is 13.4. The molecule has 4 nitrogen and oxygen atoms in total. The summed E-state index contributed by atoms with van der Waals surface area (Å²) in [6.45, 7) is -0.0835. The third-order valence-electron chi connectivity index (χ3n) is 2.65. The smallest absolute Gasteiger partial charge is 0.253 e. The largest absolute Gasteiger partial charge is 0.471 e. The van der Waals surface area contributed by atoms with E-state index in [2.05, 4.69) is 10.3 Å².